The van der Waals surface area contributed by atoms with Crippen molar-refractivity contribution in [3.8, 4) is 11.5 Å². The van der Waals surface area contributed by atoms with E-state index in [4.69, 9.17) is 14.2 Å². The number of nitrogens with one attached hydrogen (secondary N) is 1. The van der Waals surface area contributed by atoms with Gasteiger partial charge in [0.1, 0.15) is 6.04 Å². The number of tetrazole rings is 1. The fraction of sp³-hybridized carbons (Fsp3) is 0.583. The van der Waals surface area contributed by atoms with Crippen LogP contribution in [0.15, 0.2) is 23.0 Å². The van der Waals surface area contributed by atoms with E-state index in [1.807, 2.05) is 16.8 Å². The molecule has 2 aliphatic heterocycles. The van der Waals surface area contributed by atoms with E-state index in [0.717, 1.165) is 57.6 Å². The van der Waals surface area contributed by atoms with E-state index in [9.17, 15) is 4.79 Å². The quantitative estimate of drug-likeness (QED) is 0.509. The zero-order chi connectivity index (χ0) is 24.4. The molecule has 188 valence electrons. The Hall–Kier alpha value is -3.02. The average molecular weight is 484 g/mol. The Morgan fingerprint density at radius 2 is 1.91 bits per heavy atom. The van der Waals surface area contributed by atoms with Crippen LogP contribution in [0.3, 0.4) is 0 Å². The number of aromatic nitrogens is 5. The van der Waals surface area contributed by atoms with E-state index < -0.39 is 0 Å². The van der Waals surface area contributed by atoms with Crippen molar-refractivity contribution in [2.24, 2.45) is 0 Å². The lowest BCUT2D eigenvalue weighted by Gasteiger charge is -2.38. The second-order valence-corrected chi connectivity index (χ2v) is 9.08. The number of aromatic amines is 1. The van der Waals surface area contributed by atoms with Crippen molar-refractivity contribution in [1.82, 2.24) is 35.0 Å². The third kappa shape index (κ3) is 4.75. The second-order valence-electron chi connectivity index (χ2n) is 9.08. The molecule has 2 atom stereocenters. The van der Waals surface area contributed by atoms with Gasteiger partial charge in [-0.05, 0) is 41.9 Å². The molecule has 35 heavy (non-hydrogen) atoms. The topological polar surface area (TPSA) is 111 Å². The Balaban J connectivity index is 1.59. The zero-order valence-electron chi connectivity index (χ0n) is 20.6. The van der Waals surface area contributed by atoms with Crippen LogP contribution in [0.25, 0.3) is 10.9 Å². The summed E-state index contributed by atoms with van der Waals surface area (Å²) in [6.07, 6.45) is 2.11. The first-order valence-electron chi connectivity index (χ1n) is 12.2. The van der Waals surface area contributed by atoms with Crippen LogP contribution in [-0.2, 0) is 11.3 Å². The van der Waals surface area contributed by atoms with Gasteiger partial charge in [0.15, 0.2) is 17.3 Å². The maximum absolute atomic E-state index is 13.5. The smallest absolute Gasteiger partial charge is 0.253 e. The van der Waals surface area contributed by atoms with E-state index in [0.29, 0.717) is 34.9 Å². The van der Waals surface area contributed by atoms with Crippen molar-refractivity contribution in [3.05, 3.63) is 39.9 Å². The number of fused-ring (bicyclic) bond motifs is 1. The van der Waals surface area contributed by atoms with Gasteiger partial charge in [0.25, 0.3) is 5.56 Å². The number of hydrogen-bond acceptors (Lipinski definition) is 9. The zero-order valence-corrected chi connectivity index (χ0v) is 20.6. The molecule has 1 aromatic carbocycles. The molecule has 0 amide bonds. The van der Waals surface area contributed by atoms with E-state index in [1.54, 1.807) is 20.3 Å². The van der Waals surface area contributed by atoms with Gasteiger partial charge >= 0.3 is 0 Å². The molecule has 0 spiro atoms. The molecular weight excluding hydrogens is 450 g/mol. The van der Waals surface area contributed by atoms with E-state index in [2.05, 4.69) is 37.2 Å². The second kappa shape index (κ2) is 10.3. The summed E-state index contributed by atoms with van der Waals surface area (Å²) in [7, 11) is 3.18. The van der Waals surface area contributed by atoms with Gasteiger partial charge in [-0.25, -0.2) is 4.68 Å². The van der Waals surface area contributed by atoms with Gasteiger partial charge in [0, 0.05) is 49.8 Å². The summed E-state index contributed by atoms with van der Waals surface area (Å²) < 4.78 is 18.6. The van der Waals surface area contributed by atoms with Crippen molar-refractivity contribution in [3.63, 3.8) is 0 Å². The number of likely N-dealkylation sites (N-methyl/N-ethyl adjacent to an activating group) is 1. The molecule has 0 bridgehead atoms. The van der Waals surface area contributed by atoms with Crippen molar-refractivity contribution >= 4 is 10.9 Å². The molecule has 0 unspecified atom stereocenters. The number of benzene rings is 1. The highest BCUT2D eigenvalue weighted by atomic mass is 16.5. The molecule has 2 saturated heterocycles. The molecule has 5 rings (SSSR count). The van der Waals surface area contributed by atoms with Gasteiger partial charge in [0.05, 0.1) is 32.4 Å². The van der Waals surface area contributed by atoms with Crippen LogP contribution in [0.5, 0.6) is 11.5 Å². The van der Waals surface area contributed by atoms with E-state index >= 15 is 0 Å². The monoisotopic (exact) mass is 483 g/mol. The normalized spacial score (nSPS) is 20.4. The third-order valence-electron chi connectivity index (χ3n) is 7.10. The van der Waals surface area contributed by atoms with Gasteiger partial charge < -0.3 is 24.1 Å². The maximum Gasteiger partial charge on any atom is 0.253 e. The summed E-state index contributed by atoms with van der Waals surface area (Å²) >= 11 is 0. The summed E-state index contributed by atoms with van der Waals surface area (Å²) in [6.45, 7) is 8.00. The molecule has 4 heterocycles. The highest BCUT2D eigenvalue weighted by Gasteiger charge is 2.33. The first-order valence-corrected chi connectivity index (χ1v) is 12.2. The summed E-state index contributed by atoms with van der Waals surface area (Å²) in [6, 6.07) is 5.22. The summed E-state index contributed by atoms with van der Waals surface area (Å²) in [4.78, 5) is 21.2. The van der Waals surface area contributed by atoms with E-state index in [1.165, 1.54) is 0 Å². The fourth-order valence-electron chi connectivity index (χ4n) is 5.11. The number of ether oxygens (including phenoxy) is 3. The third-order valence-corrected chi connectivity index (χ3v) is 7.10. The number of rotatable bonds is 8. The number of H-pyrrole nitrogens is 1. The molecule has 0 radical (unpaired) electrons. The largest absolute Gasteiger partial charge is 0.493 e. The Labute approximate surface area is 203 Å². The van der Waals surface area contributed by atoms with Crippen molar-refractivity contribution in [1.29, 1.82) is 0 Å². The molecule has 2 fully saturated rings. The highest BCUT2D eigenvalue weighted by Crippen LogP contribution is 2.33. The molecule has 0 saturated carbocycles. The van der Waals surface area contributed by atoms with Gasteiger partial charge in [0.2, 0.25) is 0 Å². The Morgan fingerprint density at radius 3 is 2.60 bits per heavy atom. The molecule has 11 heteroatoms. The van der Waals surface area contributed by atoms with Gasteiger partial charge in [-0.3, -0.25) is 9.69 Å². The number of piperazine rings is 1. The van der Waals surface area contributed by atoms with Gasteiger partial charge in [-0.2, -0.15) is 0 Å². The lowest BCUT2D eigenvalue weighted by Crippen LogP contribution is -2.49. The maximum atomic E-state index is 13.5. The highest BCUT2D eigenvalue weighted by molar-refractivity contribution is 5.83. The Morgan fingerprint density at radius 1 is 1.14 bits per heavy atom. The van der Waals surface area contributed by atoms with Crippen molar-refractivity contribution < 1.29 is 14.2 Å². The minimum Gasteiger partial charge on any atom is -0.493 e. The number of nitrogens with zero attached hydrogens (tertiary/aromatic N) is 6. The minimum absolute atomic E-state index is 0.0847. The van der Waals surface area contributed by atoms with Crippen molar-refractivity contribution in [2.45, 2.75) is 38.5 Å². The average Bonchev–Trinajstić information content (AvgIpc) is 3.57. The van der Waals surface area contributed by atoms with Crippen LogP contribution in [0.4, 0.5) is 0 Å². The standard InChI is InChI=1S/C24H33N7O4/c1-4-29-7-9-30(10-8-29)22(23-26-27-28-31(23)15-17-6-5-11-35-17)18-12-16-13-20(33-2)21(34-3)14-19(16)25-24(18)32/h12-14,17,22H,4-11,15H2,1-3H3,(H,25,32)/t17-,22-/m1/s1. The number of hydrogen-bond donors (Lipinski definition) is 1. The van der Waals surface area contributed by atoms with Crippen LogP contribution in [0.1, 0.15) is 37.2 Å². The first-order chi connectivity index (χ1) is 17.1. The van der Waals surface area contributed by atoms with Crippen molar-refractivity contribution in [2.75, 3.05) is 53.6 Å². The molecule has 0 aliphatic carbocycles. The minimum atomic E-state index is -0.383. The van der Waals surface area contributed by atoms with Gasteiger partial charge in [-0.1, -0.05) is 6.92 Å². The van der Waals surface area contributed by atoms with Gasteiger partial charge in [-0.15, -0.1) is 5.10 Å². The Bertz CT molecular complexity index is 1210. The van der Waals surface area contributed by atoms with Crippen LogP contribution < -0.4 is 15.0 Å². The fourth-order valence-corrected chi connectivity index (χ4v) is 5.11. The van der Waals surface area contributed by atoms with Crippen LogP contribution in [0.2, 0.25) is 0 Å². The summed E-state index contributed by atoms with van der Waals surface area (Å²) in [5, 5.41) is 13.6. The molecule has 1 N–H and O–H groups in total. The molecule has 3 aromatic rings. The molecule has 2 aliphatic rings. The Kier molecular flexibility index (Phi) is 6.98. The van der Waals surface area contributed by atoms with Crippen LogP contribution >= 0.6 is 0 Å². The molecule has 2 aromatic heterocycles. The molecular formula is C24H33N7O4. The predicted octanol–water partition coefficient (Wildman–Crippen LogP) is 1.44. The number of methoxy groups -OCH3 is 2. The molecule has 11 nitrogen and oxygen atoms in total. The lowest BCUT2D eigenvalue weighted by molar-refractivity contribution is 0.0860. The van der Waals surface area contributed by atoms with E-state index in [-0.39, 0.29) is 17.7 Å². The summed E-state index contributed by atoms with van der Waals surface area (Å²) in [5.74, 6) is 1.83. The number of pyridine rings is 1. The SMILES string of the molecule is CCN1CCN([C@H](c2cc3cc(OC)c(OC)cc3[nH]c2=O)c2nnnn2C[C@H]2CCCO2)CC1. The lowest BCUT2D eigenvalue weighted by atomic mass is 10.0. The van der Waals surface area contributed by atoms with Crippen LogP contribution in [0, 0.1) is 0 Å². The summed E-state index contributed by atoms with van der Waals surface area (Å²) in [5.41, 5.74) is 1.13. The first kappa shape index (κ1) is 23.7. The predicted molar refractivity (Wildman–Crippen MR) is 130 cm³/mol. The van der Waals surface area contributed by atoms with Crippen LogP contribution in [-0.4, -0.2) is 94.6 Å².